The summed E-state index contributed by atoms with van der Waals surface area (Å²) in [6.07, 6.45) is 0. The topological polar surface area (TPSA) is 30.5 Å². The van der Waals surface area contributed by atoms with E-state index in [2.05, 4.69) is 19.2 Å². The van der Waals surface area contributed by atoms with Gasteiger partial charge in [0.2, 0.25) is 0 Å². The molecule has 0 atom stereocenters. The highest BCUT2D eigenvalue weighted by atomic mass is 16.5. The summed E-state index contributed by atoms with van der Waals surface area (Å²) in [5.41, 5.74) is 3.43. The van der Waals surface area contributed by atoms with Crippen molar-refractivity contribution < 1.29 is 9.47 Å². The van der Waals surface area contributed by atoms with E-state index in [-0.39, 0.29) is 0 Å². The van der Waals surface area contributed by atoms with Crippen LogP contribution in [-0.4, -0.2) is 20.8 Å². The number of ether oxygens (including phenoxy) is 2. The standard InChI is InChI=1S/C13H21NO2/c1-6-14-8-11-7-12(15-4)9(2)10(3)13(11)16-5/h7,14H,6,8H2,1-5H3. The van der Waals surface area contributed by atoms with Crippen LogP contribution in [0.3, 0.4) is 0 Å². The first-order valence-electron chi connectivity index (χ1n) is 5.57. The van der Waals surface area contributed by atoms with Gasteiger partial charge in [0.1, 0.15) is 11.5 Å². The summed E-state index contributed by atoms with van der Waals surface area (Å²) in [7, 11) is 3.41. The lowest BCUT2D eigenvalue weighted by molar-refractivity contribution is 0.392. The number of nitrogens with one attached hydrogen (secondary N) is 1. The SMILES string of the molecule is CCNCc1cc(OC)c(C)c(C)c1OC. The van der Waals surface area contributed by atoms with Gasteiger partial charge in [-0.15, -0.1) is 0 Å². The summed E-state index contributed by atoms with van der Waals surface area (Å²) in [6, 6.07) is 2.05. The average molecular weight is 223 g/mol. The molecular formula is C13H21NO2. The molecule has 0 spiro atoms. The van der Waals surface area contributed by atoms with Crippen molar-refractivity contribution in [3.8, 4) is 11.5 Å². The lowest BCUT2D eigenvalue weighted by Crippen LogP contribution is -2.13. The second-order valence-electron chi connectivity index (χ2n) is 3.80. The smallest absolute Gasteiger partial charge is 0.126 e. The van der Waals surface area contributed by atoms with Crippen molar-refractivity contribution in [3.63, 3.8) is 0 Å². The largest absolute Gasteiger partial charge is 0.496 e. The van der Waals surface area contributed by atoms with Gasteiger partial charge in [0.25, 0.3) is 0 Å². The molecule has 0 heterocycles. The minimum Gasteiger partial charge on any atom is -0.496 e. The fraction of sp³-hybridized carbons (Fsp3) is 0.538. The van der Waals surface area contributed by atoms with E-state index in [9.17, 15) is 0 Å². The van der Waals surface area contributed by atoms with Crippen molar-refractivity contribution in [2.75, 3.05) is 20.8 Å². The molecule has 1 aromatic carbocycles. The predicted molar refractivity (Wildman–Crippen MR) is 66.4 cm³/mol. The minimum absolute atomic E-state index is 0.803. The first-order valence-corrected chi connectivity index (χ1v) is 5.57. The van der Waals surface area contributed by atoms with Crippen molar-refractivity contribution in [3.05, 3.63) is 22.8 Å². The molecule has 0 unspecified atom stereocenters. The molecule has 16 heavy (non-hydrogen) atoms. The minimum atomic E-state index is 0.803. The molecule has 0 saturated carbocycles. The molecule has 1 rings (SSSR count). The molecule has 0 aromatic heterocycles. The summed E-state index contributed by atoms with van der Waals surface area (Å²) in [4.78, 5) is 0. The molecule has 1 N–H and O–H groups in total. The van der Waals surface area contributed by atoms with E-state index in [1.54, 1.807) is 14.2 Å². The Morgan fingerprint density at radius 2 is 1.81 bits per heavy atom. The van der Waals surface area contributed by atoms with Crippen LogP contribution in [0.15, 0.2) is 6.07 Å². The molecule has 0 bridgehead atoms. The summed E-state index contributed by atoms with van der Waals surface area (Å²) in [5.74, 6) is 1.88. The fourth-order valence-corrected chi connectivity index (χ4v) is 1.82. The molecule has 0 radical (unpaired) electrons. The maximum atomic E-state index is 5.46. The normalized spacial score (nSPS) is 10.3. The van der Waals surface area contributed by atoms with Gasteiger partial charge >= 0.3 is 0 Å². The zero-order valence-corrected chi connectivity index (χ0v) is 10.8. The molecule has 1 aromatic rings. The van der Waals surface area contributed by atoms with Gasteiger partial charge in [0.05, 0.1) is 14.2 Å². The zero-order chi connectivity index (χ0) is 12.1. The maximum Gasteiger partial charge on any atom is 0.126 e. The molecule has 0 aliphatic carbocycles. The van der Waals surface area contributed by atoms with Crippen LogP contribution in [-0.2, 0) is 6.54 Å². The Morgan fingerprint density at radius 3 is 2.31 bits per heavy atom. The summed E-state index contributed by atoms with van der Waals surface area (Å²) in [5, 5.41) is 3.30. The summed E-state index contributed by atoms with van der Waals surface area (Å²) >= 11 is 0. The number of hydrogen-bond donors (Lipinski definition) is 1. The average Bonchev–Trinajstić information content (AvgIpc) is 2.30. The third-order valence-corrected chi connectivity index (χ3v) is 2.86. The van der Waals surface area contributed by atoms with Gasteiger partial charge in [-0.3, -0.25) is 0 Å². The second kappa shape index (κ2) is 5.75. The van der Waals surface area contributed by atoms with Crippen LogP contribution in [0.25, 0.3) is 0 Å². The number of rotatable bonds is 5. The maximum absolute atomic E-state index is 5.46. The first-order chi connectivity index (χ1) is 7.65. The number of benzene rings is 1. The van der Waals surface area contributed by atoms with Crippen molar-refractivity contribution >= 4 is 0 Å². The van der Waals surface area contributed by atoms with Gasteiger partial charge < -0.3 is 14.8 Å². The van der Waals surface area contributed by atoms with Gasteiger partial charge in [-0.25, -0.2) is 0 Å². The van der Waals surface area contributed by atoms with E-state index in [1.165, 1.54) is 0 Å². The number of hydrogen-bond acceptors (Lipinski definition) is 3. The Hall–Kier alpha value is -1.22. The Morgan fingerprint density at radius 1 is 1.12 bits per heavy atom. The Kier molecular flexibility index (Phi) is 4.62. The lowest BCUT2D eigenvalue weighted by Gasteiger charge is -2.16. The van der Waals surface area contributed by atoms with Crippen LogP contribution in [0.4, 0.5) is 0 Å². The molecule has 0 aliphatic rings. The monoisotopic (exact) mass is 223 g/mol. The van der Waals surface area contributed by atoms with Crippen LogP contribution in [0.2, 0.25) is 0 Å². The van der Waals surface area contributed by atoms with Crippen LogP contribution in [0, 0.1) is 13.8 Å². The molecule has 3 heteroatoms. The van der Waals surface area contributed by atoms with Gasteiger partial charge in [-0.05, 0) is 37.6 Å². The van der Waals surface area contributed by atoms with E-state index in [1.807, 2.05) is 13.0 Å². The summed E-state index contributed by atoms with van der Waals surface area (Å²) in [6.45, 7) is 7.94. The third-order valence-electron chi connectivity index (χ3n) is 2.86. The molecule has 0 aliphatic heterocycles. The molecular weight excluding hydrogens is 202 g/mol. The van der Waals surface area contributed by atoms with Gasteiger partial charge in [-0.1, -0.05) is 6.92 Å². The predicted octanol–water partition coefficient (Wildman–Crippen LogP) is 2.43. The Balaban J connectivity index is 3.18. The molecule has 0 saturated heterocycles. The molecule has 90 valence electrons. The van der Waals surface area contributed by atoms with Crippen LogP contribution in [0.1, 0.15) is 23.6 Å². The molecule has 0 amide bonds. The van der Waals surface area contributed by atoms with Gasteiger partial charge in [0, 0.05) is 12.1 Å². The van der Waals surface area contributed by atoms with Crippen molar-refractivity contribution in [2.24, 2.45) is 0 Å². The highest BCUT2D eigenvalue weighted by Gasteiger charge is 2.12. The van der Waals surface area contributed by atoms with Crippen molar-refractivity contribution in [1.82, 2.24) is 5.32 Å². The second-order valence-corrected chi connectivity index (χ2v) is 3.80. The van der Waals surface area contributed by atoms with Crippen LogP contribution >= 0.6 is 0 Å². The van der Waals surface area contributed by atoms with Crippen LogP contribution in [0.5, 0.6) is 11.5 Å². The fourth-order valence-electron chi connectivity index (χ4n) is 1.82. The van der Waals surface area contributed by atoms with Gasteiger partial charge in [-0.2, -0.15) is 0 Å². The number of methoxy groups -OCH3 is 2. The van der Waals surface area contributed by atoms with E-state index < -0.39 is 0 Å². The third kappa shape index (κ3) is 2.47. The highest BCUT2D eigenvalue weighted by Crippen LogP contribution is 2.33. The van der Waals surface area contributed by atoms with Crippen molar-refractivity contribution in [2.45, 2.75) is 27.3 Å². The van der Waals surface area contributed by atoms with Crippen molar-refractivity contribution in [1.29, 1.82) is 0 Å². The van der Waals surface area contributed by atoms with E-state index in [4.69, 9.17) is 9.47 Å². The zero-order valence-electron chi connectivity index (χ0n) is 10.8. The first kappa shape index (κ1) is 12.8. The van der Waals surface area contributed by atoms with E-state index in [0.717, 1.165) is 41.3 Å². The Labute approximate surface area is 97.8 Å². The summed E-state index contributed by atoms with van der Waals surface area (Å²) < 4.78 is 10.8. The van der Waals surface area contributed by atoms with Crippen LogP contribution < -0.4 is 14.8 Å². The van der Waals surface area contributed by atoms with Gasteiger partial charge in [0.15, 0.2) is 0 Å². The highest BCUT2D eigenvalue weighted by molar-refractivity contribution is 5.52. The Bertz CT molecular complexity index is 361. The van der Waals surface area contributed by atoms with E-state index >= 15 is 0 Å². The molecule has 0 fully saturated rings. The van der Waals surface area contributed by atoms with E-state index in [0.29, 0.717) is 0 Å². The quantitative estimate of drug-likeness (QED) is 0.831. The molecule has 3 nitrogen and oxygen atoms in total. The lowest BCUT2D eigenvalue weighted by atomic mass is 10.0.